The summed E-state index contributed by atoms with van der Waals surface area (Å²) >= 11 is 3.45. The highest BCUT2D eigenvalue weighted by atomic mass is 79.9. The number of hydrogen-bond donors (Lipinski definition) is 1. The fraction of sp³-hybridized carbons (Fsp3) is 0.462. The van der Waals surface area contributed by atoms with Crippen LogP contribution in [0.1, 0.15) is 24.0 Å². The Kier molecular flexibility index (Phi) is 3.27. The maximum Gasteiger partial charge on any atom is 0.314 e. The zero-order valence-electron chi connectivity index (χ0n) is 10.5. The molecule has 0 amide bonds. The molecule has 0 aliphatic heterocycles. The Hall–Kier alpha value is -1.23. The number of carbonyl (C=O) groups is 1. The Morgan fingerprint density at radius 3 is 2.39 bits per heavy atom. The van der Waals surface area contributed by atoms with Gasteiger partial charge >= 0.3 is 5.97 Å². The maximum atomic E-state index is 11.4. The van der Waals surface area contributed by atoms with Gasteiger partial charge in [0.1, 0.15) is 0 Å². The molecule has 1 saturated carbocycles. The van der Waals surface area contributed by atoms with E-state index >= 15 is 0 Å². The molecule has 0 heterocycles. The van der Waals surface area contributed by atoms with E-state index in [1.807, 2.05) is 6.92 Å². The van der Waals surface area contributed by atoms with Crippen molar-refractivity contribution in [1.82, 2.24) is 0 Å². The quantitative estimate of drug-likeness (QED) is 0.928. The van der Waals surface area contributed by atoms with Gasteiger partial charge in [0.15, 0.2) is 11.5 Å². The molecule has 1 fully saturated rings. The van der Waals surface area contributed by atoms with Gasteiger partial charge < -0.3 is 14.6 Å². The third-order valence-corrected chi connectivity index (χ3v) is 4.49. The minimum Gasteiger partial charge on any atom is -0.493 e. The van der Waals surface area contributed by atoms with Crippen molar-refractivity contribution < 1.29 is 19.4 Å². The molecule has 1 aromatic carbocycles. The number of benzene rings is 1. The Morgan fingerprint density at radius 2 is 2.00 bits per heavy atom. The molecule has 1 aliphatic carbocycles. The molecule has 1 aromatic rings. The van der Waals surface area contributed by atoms with Crippen molar-refractivity contribution >= 4 is 21.9 Å². The summed E-state index contributed by atoms with van der Waals surface area (Å²) in [4.78, 5) is 11.4. The molecule has 1 N–H and O–H groups in total. The fourth-order valence-corrected chi connectivity index (χ4v) is 2.83. The zero-order chi connectivity index (χ0) is 13.5. The second kappa shape index (κ2) is 4.46. The fourth-order valence-electron chi connectivity index (χ4n) is 2.26. The molecule has 0 saturated heterocycles. The second-order valence-corrected chi connectivity index (χ2v) is 5.28. The van der Waals surface area contributed by atoms with E-state index in [0.29, 0.717) is 24.3 Å². The third kappa shape index (κ3) is 1.77. The van der Waals surface area contributed by atoms with Crippen molar-refractivity contribution in [2.24, 2.45) is 0 Å². The van der Waals surface area contributed by atoms with Gasteiger partial charge in [0, 0.05) is 0 Å². The lowest BCUT2D eigenvalue weighted by Crippen LogP contribution is -2.21. The summed E-state index contributed by atoms with van der Waals surface area (Å²) in [7, 11) is 3.11. The molecule has 0 aromatic heterocycles. The molecule has 98 valence electrons. The lowest BCUT2D eigenvalue weighted by atomic mass is 9.91. The third-order valence-electron chi connectivity index (χ3n) is 3.53. The molecular formula is C13H15BrO4. The normalized spacial score (nSPS) is 16.2. The topological polar surface area (TPSA) is 55.8 Å². The maximum absolute atomic E-state index is 11.4. The minimum absolute atomic E-state index is 0.553. The highest BCUT2D eigenvalue weighted by molar-refractivity contribution is 9.10. The number of hydrogen-bond acceptors (Lipinski definition) is 3. The van der Waals surface area contributed by atoms with Crippen LogP contribution in [0.3, 0.4) is 0 Å². The molecule has 18 heavy (non-hydrogen) atoms. The Balaban J connectivity index is 2.63. The standard InChI is InChI=1S/C13H15BrO4/c1-7-8(13(4-5-13)12(15)16)6-9(17-2)11(18-3)10(7)14/h6H,4-5H2,1-3H3,(H,15,16). The van der Waals surface area contributed by atoms with Crippen LogP contribution in [0.25, 0.3) is 0 Å². The number of ether oxygens (including phenoxy) is 2. The average Bonchev–Trinajstić information content (AvgIpc) is 3.13. The number of rotatable bonds is 4. The van der Waals surface area contributed by atoms with Crippen molar-refractivity contribution in [3.63, 3.8) is 0 Å². The minimum atomic E-state index is -0.773. The van der Waals surface area contributed by atoms with Gasteiger partial charge in [-0.3, -0.25) is 4.79 Å². The van der Waals surface area contributed by atoms with Gasteiger partial charge in [-0.15, -0.1) is 0 Å². The molecule has 5 heteroatoms. The predicted octanol–water partition coefficient (Wildman–Crippen LogP) is 2.89. The van der Waals surface area contributed by atoms with E-state index in [-0.39, 0.29) is 0 Å². The van der Waals surface area contributed by atoms with E-state index in [2.05, 4.69) is 15.9 Å². The number of halogens is 1. The van der Waals surface area contributed by atoms with E-state index < -0.39 is 11.4 Å². The summed E-state index contributed by atoms with van der Waals surface area (Å²) in [6.45, 7) is 1.89. The van der Waals surface area contributed by atoms with Crippen LogP contribution in [-0.2, 0) is 10.2 Å². The first kappa shape index (κ1) is 13.2. The monoisotopic (exact) mass is 314 g/mol. The zero-order valence-corrected chi connectivity index (χ0v) is 12.1. The van der Waals surface area contributed by atoms with Gasteiger partial charge in [0.05, 0.1) is 24.1 Å². The number of carboxylic acids is 1. The van der Waals surface area contributed by atoms with Gasteiger partial charge in [-0.05, 0) is 52.9 Å². The first-order valence-electron chi connectivity index (χ1n) is 5.63. The van der Waals surface area contributed by atoms with Crippen molar-refractivity contribution in [3.8, 4) is 11.5 Å². The molecule has 1 aliphatic rings. The Labute approximate surface area is 114 Å². The molecule has 0 spiro atoms. The van der Waals surface area contributed by atoms with Gasteiger partial charge in [0.2, 0.25) is 0 Å². The van der Waals surface area contributed by atoms with Crippen molar-refractivity contribution in [2.75, 3.05) is 14.2 Å². The Bertz CT molecular complexity index is 506. The van der Waals surface area contributed by atoms with Crippen molar-refractivity contribution in [3.05, 3.63) is 21.7 Å². The van der Waals surface area contributed by atoms with Crippen LogP contribution in [0.15, 0.2) is 10.5 Å². The van der Waals surface area contributed by atoms with Gasteiger partial charge in [0.25, 0.3) is 0 Å². The van der Waals surface area contributed by atoms with Gasteiger partial charge in [-0.25, -0.2) is 0 Å². The summed E-state index contributed by atoms with van der Waals surface area (Å²) in [5.41, 5.74) is 0.957. The van der Waals surface area contributed by atoms with Crippen LogP contribution < -0.4 is 9.47 Å². The van der Waals surface area contributed by atoms with Gasteiger partial charge in [-0.2, -0.15) is 0 Å². The van der Waals surface area contributed by atoms with Crippen molar-refractivity contribution in [2.45, 2.75) is 25.2 Å². The summed E-state index contributed by atoms with van der Waals surface area (Å²) in [5.74, 6) is 0.377. The number of methoxy groups -OCH3 is 2. The molecule has 4 nitrogen and oxygen atoms in total. The molecule has 2 rings (SSSR count). The van der Waals surface area contributed by atoms with Crippen LogP contribution in [0.4, 0.5) is 0 Å². The summed E-state index contributed by atoms with van der Waals surface area (Å²) in [6, 6.07) is 1.78. The van der Waals surface area contributed by atoms with E-state index in [1.165, 1.54) is 0 Å². The van der Waals surface area contributed by atoms with Crippen molar-refractivity contribution in [1.29, 1.82) is 0 Å². The van der Waals surface area contributed by atoms with Crippen LogP contribution in [0.5, 0.6) is 11.5 Å². The SMILES string of the molecule is COc1cc(C2(C(=O)O)CC2)c(C)c(Br)c1OC. The number of aliphatic carboxylic acids is 1. The molecule has 0 atom stereocenters. The Morgan fingerprint density at radius 1 is 1.39 bits per heavy atom. The van der Waals surface area contributed by atoms with E-state index in [0.717, 1.165) is 15.6 Å². The first-order chi connectivity index (χ1) is 8.47. The van der Waals surface area contributed by atoms with E-state index in [1.54, 1.807) is 20.3 Å². The first-order valence-corrected chi connectivity index (χ1v) is 6.42. The summed E-state index contributed by atoms with van der Waals surface area (Å²) < 4.78 is 11.3. The lowest BCUT2D eigenvalue weighted by molar-refractivity contribution is -0.140. The second-order valence-electron chi connectivity index (χ2n) is 4.49. The summed E-state index contributed by atoms with van der Waals surface area (Å²) in [5, 5.41) is 9.38. The highest BCUT2D eigenvalue weighted by Gasteiger charge is 2.53. The van der Waals surface area contributed by atoms with Crippen LogP contribution in [-0.4, -0.2) is 25.3 Å². The van der Waals surface area contributed by atoms with Crippen LogP contribution >= 0.6 is 15.9 Å². The number of carboxylic acid groups (broad SMARTS) is 1. The van der Waals surface area contributed by atoms with E-state index in [4.69, 9.17) is 9.47 Å². The van der Waals surface area contributed by atoms with Gasteiger partial charge in [-0.1, -0.05) is 0 Å². The predicted molar refractivity (Wildman–Crippen MR) is 70.5 cm³/mol. The molecule has 0 unspecified atom stereocenters. The molecule has 0 bridgehead atoms. The average molecular weight is 315 g/mol. The van der Waals surface area contributed by atoms with Crippen LogP contribution in [0.2, 0.25) is 0 Å². The molecular weight excluding hydrogens is 300 g/mol. The smallest absolute Gasteiger partial charge is 0.314 e. The molecule has 0 radical (unpaired) electrons. The summed E-state index contributed by atoms with van der Waals surface area (Å²) in [6.07, 6.45) is 1.34. The van der Waals surface area contributed by atoms with E-state index in [9.17, 15) is 9.90 Å². The highest BCUT2D eigenvalue weighted by Crippen LogP contribution is 2.53. The lowest BCUT2D eigenvalue weighted by Gasteiger charge is -2.19. The largest absolute Gasteiger partial charge is 0.493 e. The van der Waals surface area contributed by atoms with Crippen LogP contribution in [0, 0.1) is 6.92 Å².